The zero-order valence-corrected chi connectivity index (χ0v) is 12.4. The maximum Gasteiger partial charge on any atom is 0.165 e. The number of ether oxygens (including phenoxy) is 2. The third kappa shape index (κ3) is 4.46. The molecule has 0 bridgehead atoms. The zero-order valence-electron chi connectivity index (χ0n) is 12.4. The van der Waals surface area contributed by atoms with E-state index in [-0.39, 0.29) is 5.82 Å². The van der Waals surface area contributed by atoms with Crippen molar-refractivity contribution in [3.8, 4) is 11.5 Å². The minimum atomic E-state index is -0.322. The van der Waals surface area contributed by atoms with Crippen molar-refractivity contribution in [1.82, 2.24) is 5.32 Å². The molecule has 0 aliphatic rings. The molecule has 0 unspecified atom stereocenters. The van der Waals surface area contributed by atoms with Gasteiger partial charge in [-0.2, -0.15) is 0 Å². The van der Waals surface area contributed by atoms with Crippen LogP contribution in [-0.2, 0) is 13.0 Å². The van der Waals surface area contributed by atoms with Gasteiger partial charge >= 0.3 is 0 Å². The highest BCUT2D eigenvalue weighted by Gasteiger charge is 2.05. The topological polar surface area (TPSA) is 30.5 Å². The standard InChI is InChI=1S/C17H20FNO2/c1-19-12-14-5-8-17(16(18)11-14)21-10-9-13-3-6-15(20-2)7-4-13/h3-8,11,19H,9-10,12H2,1-2H3. The molecule has 0 saturated carbocycles. The summed E-state index contributed by atoms with van der Waals surface area (Å²) in [7, 11) is 3.47. The summed E-state index contributed by atoms with van der Waals surface area (Å²) in [5, 5.41) is 2.99. The number of hydrogen-bond acceptors (Lipinski definition) is 3. The van der Waals surface area contributed by atoms with Crippen LogP contribution in [0.4, 0.5) is 4.39 Å². The fourth-order valence-electron chi connectivity index (χ4n) is 2.05. The van der Waals surface area contributed by atoms with E-state index in [1.807, 2.05) is 37.4 Å². The van der Waals surface area contributed by atoms with E-state index in [9.17, 15) is 4.39 Å². The first-order valence-electron chi connectivity index (χ1n) is 6.91. The summed E-state index contributed by atoms with van der Waals surface area (Å²) in [6.45, 7) is 1.08. The summed E-state index contributed by atoms with van der Waals surface area (Å²) in [5.74, 6) is 0.798. The highest BCUT2D eigenvalue weighted by atomic mass is 19.1. The number of methoxy groups -OCH3 is 1. The van der Waals surface area contributed by atoms with E-state index >= 15 is 0 Å². The molecule has 0 aliphatic carbocycles. The van der Waals surface area contributed by atoms with Gasteiger partial charge in [-0.1, -0.05) is 18.2 Å². The van der Waals surface area contributed by atoms with Crippen molar-refractivity contribution in [2.24, 2.45) is 0 Å². The van der Waals surface area contributed by atoms with E-state index in [1.54, 1.807) is 13.2 Å². The second kappa shape index (κ2) is 7.64. The fraction of sp³-hybridized carbons (Fsp3) is 0.294. The molecule has 0 radical (unpaired) electrons. The molecule has 2 aromatic carbocycles. The predicted octanol–water partition coefficient (Wildman–Crippen LogP) is 3.18. The third-order valence-electron chi connectivity index (χ3n) is 3.18. The second-order valence-corrected chi connectivity index (χ2v) is 4.74. The first-order valence-corrected chi connectivity index (χ1v) is 6.91. The fourth-order valence-corrected chi connectivity index (χ4v) is 2.05. The molecule has 21 heavy (non-hydrogen) atoms. The van der Waals surface area contributed by atoms with Crippen molar-refractivity contribution in [3.63, 3.8) is 0 Å². The van der Waals surface area contributed by atoms with Crippen molar-refractivity contribution in [3.05, 3.63) is 59.4 Å². The Balaban J connectivity index is 1.87. The van der Waals surface area contributed by atoms with E-state index in [0.29, 0.717) is 18.9 Å². The summed E-state index contributed by atoms with van der Waals surface area (Å²) < 4.78 is 24.4. The van der Waals surface area contributed by atoms with E-state index in [2.05, 4.69) is 5.32 Å². The van der Waals surface area contributed by atoms with Gasteiger partial charge in [-0.05, 0) is 42.4 Å². The van der Waals surface area contributed by atoms with Crippen LogP contribution in [0.2, 0.25) is 0 Å². The average Bonchev–Trinajstić information content (AvgIpc) is 2.50. The monoisotopic (exact) mass is 289 g/mol. The Kier molecular flexibility index (Phi) is 5.58. The molecule has 0 spiro atoms. The largest absolute Gasteiger partial charge is 0.497 e. The summed E-state index contributed by atoms with van der Waals surface area (Å²) in [4.78, 5) is 0. The lowest BCUT2D eigenvalue weighted by Gasteiger charge is -2.09. The smallest absolute Gasteiger partial charge is 0.165 e. The molecule has 1 N–H and O–H groups in total. The van der Waals surface area contributed by atoms with Gasteiger partial charge < -0.3 is 14.8 Å². The third-order valence-corrected chi connectivity index (χ3v) is 3.18. The van der Waals surface area contributed by atoms with Crippen LogP contribution in [0.25, 0.3) is 0 Å². The first-order chi connectivity index (χ1) is 10.2. The summed E-state index contributed by atoms with van der Waals surface area (Å²) >= 11 is 0. The predicted molar refractivity (Wildman–Crippen MR) is 81.4 cm³/mol. The molecular weight excluding hydrogens is 269 g/mol. The molecule has 0 aliphatic heterocycles. The van der Waals surface area contributed by atoms with Crippen LogP contribution in [0.1, 0.15) is 11.1 Å². The number of benzene rings is 2. The van der Waals surface area contributed by atoms with Gasteiger partial charge in [0.2, 0.25) is 0 Å². The summed E-state index contributed by atoms with van der Waals surface area (Å²) in [6, 6.07) is 12.8. The maximum absolute atomic E-state index is 13.8. The lowest BCUT2D eigenvalue weighted by Crippen LogP contribution is -2.06. The summed E-state index contributed by atoms with van der Waals surface area (Å²) in [6.07, 6.45) is 0.724. The van der Waals surface area contributed by atoms with Crippen LogP contribution in [0, 0.1) is 5.82 Å². The molecule has 0 heterocycles. The number of halogens is 1. The van der Waals surface area contributed by atoms with E-state index in [4.69, 9.17) is 9.47 Å². The van der Waals surface area contributed by atoms with Crippen molar-refractivity contribution in [1.29, 1.82) is 0 Å². The molecule has 0 fully saturated rings. The van der Waals surface area contributed by atoms with Crippen LogP contribution in [0.3, 0.4) is 0 Å². The van der Waals surface area contributed by atoms with Gasteiger partial charge in [0.1, 0.15) is 5.75 Å². The summed E-state index contributed by atoms with van der Waals surface area (Å²) in [5.41, 5.74) is 2.03. The number of hydrogen-bond donors (Lipinski definition) is 1. The van der Waals surface area contributed by atoms with Crippen molar-refractivity contribution >= 4 is 0 Å². The van der Waals surface area contributed by atoms with Crippen LogP contribution < -0.4 is 14.8 Å². The quantitative estimate of drug-likeness (QED) is 0.849. The molecule has 0 saturated heterocycles. The van der Waals surface area contributed by atoms with Gasteiger partial charge in [-0.25, -0.2) is 4.39 Å². The van der Waals surface area contributed by atoms with Gasteiger partial charge in [0.05, 0.1) is 13.7 Å². The van der Waals surface area contributed by atoms with E-state index in [1.165, 1.54) is 6.07 Å². The van der Waals surface area contributed by atoms with Crippen LogP contribution in [0.15, 0.2) is 42.5 Å². The molecule has 3 nitrogen and oxygen atoms in total. The number of rotatable bonds is 7. The minimum absolute atomic E-state index is 0.295. The molecule has 112 valence electrons. The van der Waals surface area contributed by atoms with Gasteiger partial charge in [0.15, 0.2) is 11.6 Å². The van der Waals surface area contributed by atoms with Crippen molar-refractivity contribution in [2.75, 3.05) is 20.8 Å². The Labute approximate surface area is 124 Å². The molecule has 0 atom stereocenters. The van der Waals surface area contributed by atoms with Gasteiger partial charge in [0.25, 0.3) is 0 Å². The second-order valence-electron chi connectivity index (χ2n) is 4.74. The zero-order chi connectivity index (χ0) is 15.1. The Hall–Kier alpha value is -2.07. The number of nitrogens with one attached hydrogen (secondary N) is 1. The minimum Gasteiger partial charge on any atom is -0.497 e. The molecule has 2 rings (SSSR count). The van der Waals surface area contributed by atoms with Gasteiger partial charge in [-0.15, -0.1) is 0 Å². The lowest BCUT2D eigenvalue weighted by atomic mass is 10.1. The van der Waals surface area contributed by atoms with E-state index in [0.717, 1.165) is 23.3 Å². The Bertz CT molecular complexity index is 570. The Morgan fingerprint density at radius 2 is 1.76 bits per heavy atom. The van der Waals surface area contributed by atoms with E-state index < -0.39 is 0 Å². The average molecular weight is 289 g/mol. The lowest BCUT2D eigenvalue weighted by molar-refractivity contribution is 0.305. The Morgan fingerprint density at radius 1 is 1.05 bits per heavy atom. The molecule has 2 aromatic rings. The molecule has 0 aromatic heterocycles. The van der Waals surface area contributed by atoms with Gasteiger partial charge in [-0.3, -0.25) is 0 Å². The normalized spacial score (nSPS) is 10.4. The molecular formula is C17H20FNO2. The first kappa shape index (κ1) is 15.3. The SMILES string of the molecule is CNCc1ccc(OCCc2ccc(OC)cc2)c(F)c1. The van der Waals surface area contributed by atoms with Crippen molar-refractivity contribution < 1.29 is 13.9 Å². The van der Waals surface area contributed by atoms with Crippen LogP contribution >= 0.6 is 0 Å². The van der Waals surface area contributed by atoms with Crippen LogP contribution in [-0.4, -0.2) is 20.8 Å². The molecule has 0 amide bonds. The maximum atomic E-state index is 13.8. The van der Waals surface area contributed by atoms with Crippen LogP contribution in [0.5, 0.6) is 11.5 Å². The molecule has 4 heteroatoms. The van der Waals surface area contributed by atoms with Crippen molar-refractivity contribution in [2.45, 2.75) is 13.0 Å². The van der Waals surface area contributed by atoms with Gasteiger partial charge in [0, 0.05) is 13.0 Å². The highest BCUT2D eigenvalue weighted by molar-refractivity contribution is 5.30. The Morgan fingerprint density at radius 3 is 2.38 bits per heavy atom. The highest BCUT2D eigenvalue weighted by Crippen LogP contribution is 2.19.